The summed E-state index contributed by atoms with van der Waals surface area (Å²) in [5, 5.41) is 15.4. The number of pyridine rings is 1. The van der Waals surface area contributed by atoms with Gasteiger partial charge in [-0.15, -0.1) is 0 Å². The summed E-state index contributed by atoms with van der Waals surface area (Å²) in [6.45, 7) is 3.57. The Hall–Kier alpha value is -2.40. The molecule has 0 saturated heterocycles. The molecule has 2 rings (SSSR count). The molecule has 0 bridgehead atoms. The van der Waals surface area contributed by atoms with Crippen molar-refractivity contribution >= 4 is 11.6 Å². The van der Waals surface area contributed by atoms with Gasteiger partial charge < -0.3 is 15.7 Å². The number of para-hydroxylation sites is 1. The summed E-state index contributed by atoms with van der Waals surface area (Å²) in [5.41, 5.74) is 2.08. The zero-order valence-electron chi connectivity index (χ0n) is 11.3. The smallest absolute Gasteiger partial charge is 0.257 e. The van der Waals surface area contributed by atoms with Gasteiger partial charge in [-0.2, -0.15) is 0 Å². The number of nitrogens with one attached hydrogen (secondary N) is 2. The van der Waals surface area contributed by atoms with Crippen LogP contribution in [0, 0.1) is 0 Å². The van der Waals surface area contributed by atoms with Gasteiger partial charge in [0.15, 0.2) is 0 Å². The average Bonchev–Trinajstić information content (AvgIpc) is 2.46. The van der Waals surface area contributed by atoms with Crippen molar-refractivity contribution in [3.63, 3.8) is 0 Å². The predicted octanol–water partition coefficient (Wildman–Crippen LogP) is 2.15. The van der Waals surface area contributed by atoms with Crippen LogP contribution in [0.1, 0.15) is 22.8 Å². The molecule has 0 saturated carbocycles. The molecular formula is C15H17N3O2. The lowest BCUT2D eigenvalue weighted by Crippen LogP contribution is -2.17. The van der Waals surface area contributed by atoms with E-state index in [9.17, 15) is 9.90 Å². The van der Waals surface area contributed by atoms with E-state index in [1.807, 2.05) is 31.2 Å². The Morgan fingerprint density at radius 1 is 1.30 bits per heavy atom. The van der Waals surface area contributed by atoms with E-state index < -0.39 is 0 Å². The Kier molecular flexibility index (Phi) is 4.68. The van der Waals surface area contributed by atoms with Crippen molar-refractivity contribution in [1.29, 1.82) is 0 Å². The third-order valence-electron chi connectivity index (χ3n) is 2.82. The Morgan fingerprint density at radius 3 is 2.85 bits per heavy atom. The van der Waals surface area contributed by atoms with Gasteiger partial charge in [0.25, 0.3) is 5.91 Å². The maximum absolute atomic E-state index is 12.1. The molecule has 0 unspecified atom stereocenters. The molecule has 0 aliphatic rings. The van der Waals surface area contributed by atoms with Crippen LogP contribution in [-0.4, -0.2) is 22.5 Å². The minimum absolute atomic E-state index is 0.0291. The number of amides is 1. The second-order valence-corrected chi connectivity index (χ2v) is 4.32. The van der Waals surface area contributed by atoms with Gasteiger partial charge in [-0.25, -0.2) is 0 Å². The maximum Gasteiger partial charge on any atom is 0.257 e. The number of carbonyl (C=O) groups is 1. The molecule has 1 amide bonds. The summed E-state index contributed by atoms with van der Waals surface area (Å²) in [4.78, 5) is 15.9. The first-order valence-electron chi connectivity index (χ1n) is 6.44. The van der Waals surface area contributed by atoms with Crippen LogP contribution >= 0.6 is 0 Å². The molecule has 0 aliphatic heterocycles. The van der Waals surface area contributed by atoms with Crippen molar-refractivity contribution in [2.24, 2.45) is 0 Å². The lowest BCUT2D eigenvalue weighted by atomic mass is 10.1. The van der Waals surface area contributed by atoms with Gasteiger partial charge in [-0.3, -0.25) is 9.78 Å². The van der Waals surface area contributed by atoms with Gasteiger partial charge in [0.2, 0.25) is 0 Å². The number of hydrogen-bond acceptors (Lipinski definition) is 4. The average molecular weight is 271 g/mol. The van der Waals surface area contributed by atoms with E-state index >= 15 is 0 Å². The van der Waals surface area contributed by atoms with Crippen molar-refractivity contribution < 1.29 is 9.90 Å². The van der Waals surface area contributed by atoms with Crippen molar-refractivity contribution in [2.75, 3.05) is 11.9 Å². The van der Waals surface area contributed by atoms with E-state index in [-0.39, 0.29) is 11.7 Å². The number of benzene rings is 1. The molecule has 0 spiro atoms. The van der Waals surface area contributed by atoms with Gasteiger partial charge in [-0.05, 0) is 24.2 Å². The fraction of sp³-hybridized carbons (Fsp3) is 0.200. The Morgan fingerprint density at radius 2 is 2.10 bits per heavy atom. The van der Waals surface area contributed by atoms with Crippen LogP contribution in [0.2, 0.25) is 0 Å². The van der Waals surface area contributed by atoms with Crippen molar-refractivity contribution in [2.45, 2.75) is 13.5 Å². The van der Waals surface area contributed by atoms with Crippen LogP contribution in [0.5, 0.6) is 5.75 Å². The molecule has 1 aromatic heterocycles. The predicted molar refractivity (Wildman–Crippen MR) is 77.7 cm³/mol. The highest BCUT2D eigenvalue weighted by Gasteiger charge is 2.09. The highest BCUT2D eigenvalue weighted by Crippen LogP contribution is 2.17. The quantitative estimate of drug-likeness (QED) is 0.779. The van der Waals surface area contributed by atoms with Crippen LogP contribution in [0.4, 0.5) is 5.69 Å². The van der Waals surface area contributed by atoms with Crippen LogP contribution in [0.15, 0.2) is 42.7 Å². The summed E-state index contributed by atoms with van der Waals surface area (Å²) < 4.78 is 0. The molecule has 0 aliphatic carbocycles. The van der Waals surface area contributed by atoms with Gasteiger partial charge in [0.1, 0.15) is 5.75 Å². The van der Waals surface area contributed by atoms with Crippen molar-refractivity contribution in [3.05, 3.63) is 53.9 Å². The Balaban J connectivity index is 2.15. The van der Waals surface area contributed by atoms with E-state index in [0.29, 0.717) is 12.1 Å². The topological polar surface area (TPSA) is 74.2 Å². The Bertz CT molecular complexity index is 599. The van der Waals surface area contributed by atoms with Gasteiger partial charge in [-0.1, -0.05) is 25.1 Å². The first-order valence-corrected chi connectivity index (χ1v) is 6.44. The second kappa shape index (κ2) is 6.68. The van der Waals surface area contributed by atoms with Crippen LogP contribution in [0.25, 0.3) is 0 Å². The van der Waals surface area contributed by atoms with Gasteiger partial charge >= 0.3 is 0 Å². The number of anilines is 1. The number of aromatic hydroxyl groups is 1. The largest absolute Gasteiger partial charge is 0.506 e. The highest BCUT2D eigenvalue weighted by atomic mass is 16.3. The lowest BCUT2D eigenvalue weighted by Gasteiger charge is -2.11. The van der Waals surface area contributed by atoms with Crippen molar-refractivity contribution in [1.82, 2.24) is 10.3 Å². The third-order valence-corrected chi connectivity index (χ3v) is 2.82. The number of carbonyl (C=O) groups excluding carboxylic acids is 1. The molecule has 0 fully saturated rings. The van der Waals surface area contributed by atoms with Crippen molar-refractivity contribution in [3.8, 4) is 5.75 Å². The molecule has 1 heterocycles. The summed E-state index contributed by atoms with van der Waals surface area (Å²) in [7, 11) is 0. The maximum atomic E-state index is 12.1. The molecule has 5 nitrogen and oxygen atoms in total. The molecular weight excluding hydrogens is 254 g/mol. The van der Waals surface area contributed by atoms with Crippen LogP contribution < -0.4 is 10.6 Å². The SMILES string of the molecule is CCNCc1ccccc1NC(=O)c1cncc(O)c1. The minimum Gasteiger partial charge on any atom is -0.506 e. The molecule has 1 aromatic carbocycles. The zero-order chi connectivity index (χ0) is 14.4. The van der Waals surface area contributed by atoms with E-state index in [1.54, 1.807) is 0 Å². The molecule has 104 valence electrons. The number of hydrogen-bond donors (Lipinski definition) is 3. The monoisotopic (exact) mass is 271 g/mol. The van der Waals surface area contributed by atoms with E-state index in [2.05, 4.69) is 15.6 Å². The number of aromatic nitrogens is 1. The summed E-state index contributed by atoms with van der Waals surface area (Å²) in [6, 6.07) is 8.99. The van der Waals surface area contributed by atoms with Gasteiger partial charge in [0.05, 0.1) is 11.8 Å². The van der Waals surface area contributed by atoms with Gasteiger partial charge in [0, 0.05) is 18.4 Å². The third kappa shape index (κ3) is 3.55. The first-order chi connectivity index (χ1) is 9.70. The molecule has 3 N–H and O–H groups in total. The molecule has 5 heteroatoms. The Labute approximate surface area is 117 Å². The minimum atomic E-state index is -0.294. The molecule has 2 aromatic rings. The molecule has 0 radical (unpaired) electrons. The first kappa shape index (κ1) is 14.0. The lowest BCUT2D eigenvalue weighted by molar-refractivity contribution is 0.102. The fourth-order valence-corrected chi connectivity index (χ4v) is 1.80. The molecule has 0 atom stereocenters. The second-order valence-electron chi connectivity index (χ2n) is 4.32. The summed E-state index contributed by atoms with van der Waals surface area (Å²) >= 11 is 0. The fourth-order valence-electron chi connectivity index (χ4n) is 1.80. The van der Waals surface area contributed by atoms with Crippen LogP contribution in [0.3, 0.4) is 0 Å². The number of nitrogens with zero attached hydrogens (tertiary/aromatic N) is 1. The van der Waals surface area contributed by atoms with E-state index in [1.165, 1.54) is 18.5 Å². The van der Waals surface area contributed by atoms with E-state index in [4.69, 9.17) is 0 Å². The highest BCUT2D eigenvalue weighted by molar-refractivity contribution is 6.04. The van der Waals surface area contributed by atoms with E-state index in [0.717, 1.165) is 17.8 Å². The number of rotatable bonds is 5. The zero-order valence-corrected chi connectivity index (χ0v) is 11.3. The normalized spacial score (nSPS) is 10.2. The van der Waals surface area contributed by atoms with Crippen LogP contribution in [-0.2, 0) is 6.54 Å². The summed E-state index contributed by atoms with van der Waals surface area (Å²) in [5.74, 6) is -0.323. The standard InChI is InChI=1S/C15H17N3O2/c1-2-16-8-11-5-3-4-6-14(11)18-15(20)12-7-13(19)10-17-9-12/h3-7,9-10,16,19H,2,8H2,1H3,(H,18,20). The molecule has 20 heavy (non-hydrogen) atoms. The summed E-state index contributed by atoms with van der Waals surface area (Å²) in [6.07, 6.45) is 2.71.